The van der Waals surface area contributed by atoms with Crippen LogP contribution in [-0.2, 0) is 9.53 Å². The summed E-state index contributed by atoms with van der Waals surface area (Å²) in [5.74, 6) is 0.403. The molecule has 1 atom stereocenters. The second kappa shape index (κ2) is 9.62. The third kappa shape index (κ3) is 5.74. The van der Waals surface area contributed by atoms with Crippen molar-refractivity contribution in [2.45, 2.75) is 33.3 Å². The quantitative estimate of drug-likeness (QED) is 0.711. The van der Waals surface area contributed by atoms with Crippen LogP contribution >= 0.6 is 0 Å². The van der Waals surface area contributed by atoms with Crippen LogP contribution in [0.4, 0.5) is 5.69 Å². The summed E-state index contributed by atoms with van der Waals surface area (Å²) >= 11 is 0. The molecule has 0 fully saturated rings. The first-order valence-electron chi connectivity index (χ1n) is 8.84. The predicted octanol–water partition coefficient (Wildman–Crippen LogP) is 3.98. The zero-order valence-corrected chi connectivity index (χ0v) is 16.1. The standard InChI is InChI=1S/C21H25NO5/c1-5-12-26-21(24)15(3)27-17-9-7-16(8-10-17)20(23)22-18-13-14(2)6-11-19(18)25-4/h6-11,13,15H,5,12H2,1-4H3,(H,22,23)/t15-/m0/s1. The van der Waals surface area contributed by atoms with Gasteiger partial charge in [0.05, 0.1) is 19.4 Å². The highest BCUT2D eigenvalue weighted by Crippen LogP contribution is 2.26. The summed E-state index contributed by atoms with van der Waals surface area (Å²) in [6.45, 7) is 5.86. The van der Waals surface area contributed by atoms with Crippen molar-refractivity contribution in [3.63, 3.8) is 0 Å². The van der Waals surface area contributed by atoms with E-state index < -0.39 is 12.1 Å². The normalized spacial score (nSPS) is 11.4. The molecule has 0 aromatic heterocycles. The molecule has 6 nitrogen and oxygen atoms in total. The van der Waals surface area contributed by atoms with E-state index in [9.17, 15) is 9.59 Å². The maximum absolute atomic E-state index is 12.5. The van der Waals surface area contributed by atoms with E-state index >= 15 is 0 Å². The number of ether oxygens (including phenoxy) is 3. The molecule has 0 saturated heterocycles. The molecule has 27 heavy (non-hydrogen) atoms. The van der Waals surface area contributed by atoms with Gasteiger partial charge >= 0.3 is 5.97 Å². The predicted molar refractivity (Wildman–Crippen MR) is 103 cm³/mol. The molecule has 0 bridgehead atoms. The van der Waals surface area contributed by atoms with Gasteiger partial charge in [-0.05, 0) is 62.2 Å². The molecular weight excluding hydrogens is 346 g/mol. The largest absolute Gasteiger partial charge is 0.495 e. The lowest BCUT2D eigenvalue weighted by Crippen LogP contribution is -2.26. The summed E-state index contributed by atoms with van der Waals surface area (Å²) < 4.78 is 15.9. The van der Waals surface area contributed by atoms with Crippen LogP contribution in [0, 0.1) is 6.92 Å². The molecule has 0 spiro atoms. The van der Waals surface area contributed by atoms with Gasteiger partial charge in [-0.25, -0.2) is 4.79 Å². The first kappa shape index (κ1) is 20.3. The highest BCUT2D eigenvalue weighted by Gasteiger charge is 2.16. The Bertz CT molecular complexity index is 786. The van der Waals surface area contributed by atoms with Gasteiger partial charge in [0, 0.05) is 5.56 Å². The molecule has 0 aliphatic rings. The second-order valence-electron chi connectivity index (χ2n) is 6.11. The van der Waals surface area contributed by atoms with E-state index in [1.165, 1.54) is 0 Å². The van der Waals surface area contributed by atoms with Crippen molar-refractivity contribution in [2.24, 2.45) is 0 Å². The van der Waals surface area contributed by atoms with Crippen LogP contribution in [0.1, 0.15) is 36.2 Å². The summed E-state index contributed by atoms with van der Waals surface area (Å²) in [5.41, 5.74) is 2.08. The van der Waals surface area contributed by atoms with Gasteiger partial charge in [-0.3, -0.25) is 4.79 Å². The average Bonchev–Trinajstić information content (AvgIpc) is 2.66. The second-order valence-corrected chi connectivity index (χ2v) is 6.11. The summed E-state index contributed by atoms with van der Waals surface area (Å²) in [7, 11) is 1.55. The molecule has 0 heterocycles. The Kier molecular flexibility index (Phi) is 7.23. The van der Waals surface area contributed by atoms with Crippen LogP contribution in [-0.4, -0.2) is 31.7 Å². The summed E-state index contributed by atoms with van der Waals surface area (Å²) in [6, 6.07) is 12.1. The van der Waals surface area contributed by atoms with E-state index in [1.807, 2.05) is 26.0 Å². The van der Waals surface area contributed by atoms with E-state index in [0.29, 0.717) is 29.4 Å². The van der Waals surface area contributed by atoms with Crippen LogP contribution in [0.25, 0.3) is 0 Å². The van der Waals surface area contributed by atoms with Gasteiger partial charge in [-0.2, -0.15) is 0 Å². The van der Waals surface area contributed by atoms with Crippen molar-refractivity contribution < 1.29 is 23.8 Å². The summed E-state index contributed by atoms with van der Waals surface area (Å²) in [5, 5.41) is 2.84. The smallest absolute Gasteiger partial charge is 0.347 e. The molecule has 0 saturated carbocycles. The number of rotatable bonds is 8. The van der Waals surface area contributed by atoms with Gasteiger partial charge < -0.3 is 19.5 Å². The maximum atomic E-state index is 12.5. The van der Waals surface area contributed by atoms with Crippen molar-refractivity contribution >= 4 is 17.6 Å². The number of carbonyl (C=O) groups excluding carboxylic acids is 2. The van der Waals surface area contributed by atoms with Gasteiger partial charge in [0.15, 0.2) is 6.10 Å². The Hall–Kier alpha value is -3.02. The fourth-order valence-electron chi connectivity index (χ4n) is 2.37. The number of amides is 1. The van der Waals surface area contributed by atoms with E-state index in [1.54, 1.807) is 44.4 Å². The molecule has 0 aliphatic heterocycles. The molecule has 0 aliphatic carbocycles. The highest BCUT2D eigenvalue weighted by atomic mass is 16.6. The van der Waals surface area contributed by atoms with Crippen molar-refractivity contribution in [3.8, 4) is 11.5 Å². The van der Waals surface area contributed by atoms with Crippen molar-refractivity contribution in [2.75, 3.05) is 19.0 Å². The number of benzene rings is 2. The number of esters is 1. The number of carbonyl (C=O) groups is 2. The molecule has 1 amide bonds. The van der Waals surface area contributed by atoms with Gasteiger partial charge in [0.25, 0.3) is 5.91 Å². The first-order chi connectivity index (χ1) is 12.9. The average molecular weight is 371 g/mol. The topological polar surface area (TPSA) is 73.9 Å². The molecule has 1 N–H and O–H groups in total. The minimum absolute atomic E-state index is 0.263. The fourth-order valence-corrected chi connectivity index (χ4v) is 2.37. The molecule has 6 heteroatoms. The van der Waals surface area contributed by atoms with Crippen LogP contribution < -0.4 is 14.8 Å². The van der Waals surface area contributed by atoms with Crippen molar-refractivity contribution in [1.29, 1.82) is 0 Å². The van der Waals surface area contributed by atoms with Crippen LogP contribution in [0.3, 0.4) is 0 Å². The molecule has 0 unspecified atom stereocenters. The fraction of sp³-hybridized carbons (Fsp3) is 0.333. The lowest BCUT2D eigenvalue weighted by molar-refractivity contribution is -0.151. The van der Waals surface area contributed by atoms with E-state index in [-0.39, 0.29) is 5.91 Å². The van der Waals surface area contributed by atoms with Crippen LogP contribution in [0.15, 0.2) is 42.5 Å². The summed E-state index contributed by atoms with van der Waals surface area (Å²) in [4.78, 5) is 24.2. The lowest BCUT2D eigenvalue weighted by Gasteiger charge is -2.14. The van der Waals surface area contributed by atoms with E-state index in [2.05, 4.69) is 5.32 Å². The first-order valence-corrected chi connectivity index (χ1v) is 8.84. The Morgan fingerprint density at radius 1 is 1.11 bits per heavy atom. The van der Waals surface area contributed by atoms with E-state index in [4.69, 9.17) is 14.2 Å². The molecule has 2 rings (SSSR count). The number of anilines is 1. The SMILES string of the molecule is CCCOC(=O)[C@H](C)Oc1ccc(C(=O)Nc2cc(C)ccc2OC)cc1. The minimum Gasteiger partial charge on any atom is -0.495 e. The lowest BCUT2D eigenvalue weighted by atomic mass is 10.1. The van der Waals surface area contributed by atoms with Crippen molar-refractivity contribution in [3.05, 3.63) is 53.6 Å². The molecule has 0 radical (unpaired) electrons. The number of methoxy groups -OCH3 is 1. The monoisotopic (exact) mass is 371 g/mol. The number of aryl methyl sites for hydroxylation is 1. The minimum atomic E-state index is -0.715. The molecule has 2 aromatic rings. The molecule has 2 aromatic carbocycles. The van der Waals surface area contributed by atoms with Gasteiger partial charge in [0.2, 0.25) is 0 Å². The van der Waals surface area contributed by atoms with Gasteiger partial charge in [0.1, 0.15) is 11.5 Å². The Balaban J connectivity index is 2.01. The Morgan fingerprint density at radius 3 is 2.44 bits per heavy atom. The van der Waals surface area contributed by atoms with Gasteiger partial charge in [-0.1, -0.05) is 13.0 Å². The third-order valence-corrected chi connectivity index (χ3v) is 3.81. The highest BCUT2D eigenvalue weighted by molar-refractivity contribution is 6.05. The van der Waals surface area contributed by atoms with Crippen LogP contribution in [0.5, 0.6) is 11.5 Å². The van der Waals surface area contributed by atoms with Crippen LogP contribution in [0.2, 0.25) is 0 Å². The molecular formula is C21H25NO5. The number of nitrogens with one attached hydrogen (secondary N) is 1. The number of hydrogen-bond donors (Lipinski definition) is 1. The van der Waals surface area contributed by atoms with Gasteiger partial charge in [-0.15, -0.1) is 0 Å². The zero-order valence-electron chi connectivity index (χ0n) is 16.1. The van der Waals surface area contributed by atoms with Crippen molar-refractivity contribution in [1.82, 2.24) is 0 Å². The number of hydrogen-bond acceptors (Lipinski definition) is 5. The molecule has 144 valence electrons. The Labute approximate surface area is 159 Å². The zero-order chi connectivity index (χ0) is 19.8. The third-order valence-electron chi connectivity index (χ3n) is 3.81. The maximum Gasteiger partial charge on any atom is 0.347 e. The Morgan fingerprint density at radius 2 is 1.81 bits per heavy atom. The van der Waals surface area contributed by atoms with E-state index in [0.717, 1.165) is 12.0 Å². The summed E-state index contributed by atoms with van der Waals surface area (Å²) in [6.07, 6.45) is 0.0429.